The molecule has 0 aliphatic rings. The third kappa shape index (κ3) is 5.59. The van der Waals surface area contributed by atoms with Crippen molar-refractivity contribution in [3.05, 3.63) is 65.7 Å². The zero-order chi connectivity index (χ0) is 19.8. The van der Waals surface area contributed by atoms with Gasteiger partial charge in [-0.2, -0.15) is 0 Å². The number of anilines is 1. The first kappa shape index (κ1) is 19.4. The van der Waals surface area contributed by atoms with Crippen LogP contribution in [0.4, 0.5) is 10.5 Å². The summed E-state index contributed by atoms with van der Waals surface area (Å²) in [6.07, 6.45) is 0. The second-order valence-corrected chi connectivity index (χ2v) is 6.16. The van der Waals surface area contributed by atoms with Gasteiger partial charge in [0.15, 0.2) is 0 Å². The standard InChI is InChI=1S/C20H19ClN4O3/c1-27-17-8-2-14(3-9-17)18-10-11-19(25-24-18)28-13-12-22-20(26)23-16-6-4-15(21)5-7-16/h2-11H,12-13H2,1H3,(H2,22,23,26). The van der Waals surface area contributed by atoms with E-state index in [-0.39, 0.29) is 12.6 Å². The molecule has 0 aliphatic carbocycles. The van der Waals surface area contributed by atoms with Gasteiger partial charge in [-0.15, -0.1) is 10.2 Å². The number of benzene rings is 2. The molecule has 0 aliphatic heterocycles. The number of amides is 2. The lowest BCUT2D eigenvalue weighted by Crippen LogP contribution is -2.32. The van der Waals surface area contributed by atoms with Gasteiger partial charge >= 0.3 is 6.03 Å². The second-order valence-electron chi connectivity index (χ2n) is 5.72. The molecule has 3 rings (SSSR count). The lowest BCUT2D eigenvalue weighted by Gasteiger charge is -2.09. The van der Waals surface area contributed by atoms with Crippen molar-refractivity contribution >= 4 is 23.3 Å². The van der Waals surface area contributed by atoms with Crippen molar-refractivity contribution in [2.45, 2.75) is 0 Å². The Hall–Kier alpha value is -3.32. The fourth-order valence-electron chi connectivity index (χ4n) is 2.34. The van der Waals surface area contributed by atoms with E-state index in [0.29, 0.717) is 23.1 Å². The van der Waals surface area contributed by atoms with Gasteiger partial charge in [-0.3, -0.25) is 0 Å². The third-order valence-electron chi connectivity index (χ3n) is 3.77. The molecule has 0 saturated heterocycles. The van der Waals surface area contributed by atoms with Crippen LogP contribution < -0.4 is 20.1 Å². The fraction of sp³-hybridized carbons (Fsp3) is 0.150. The van der Waals surface area contributed by atoms with Crippen LogP contribution in [-0.4, -0.2) is 36.5 Å². The number of carbonyl (C=O) groups is 1. The molecule has 1 heterocycles. The normalized spacial score (nSPS) is 10.2. The second kappa shape index (κ2) is 9.57. The molecule has 0 fully saturated rings. The number of ether oxygens (including phenoxy) is 2. The average molecular weight is 399 g/mol. The minimum absolute atomic E-state index is 0.268. The van der Waals surface area contributed by atoms with E-state index in [1.54, 1.807) is 37.4 Å². The number of hydrogen-bond donors (Lipinski definition) is 2. The number of hydrogen-bond acceptors (Lipinski definition) is 5. The maximum Gasteiger partial charge on any atom is 0.319 e. The molecule has 2 N–H and O–H groups in total. The molecule has 0 unspecified atom stereocenters. The van der Waals surface area contributed by atoms with Crippen LogP contribution in [0.1, 0.15) is 0 Å². The van der Waals surface area contributed by atoms with Crippen LogP contribution in [0.25, 0.3) is 11.3 Å². The highest BCUT2D eigenvalue weighted by molar-refractivity contribution is 6.30. The summed E-state index contributed by atoms with van der Waals surface area (Å²) in [5.74, 6) is 1.17. The number of aromatic nitrogens is 2. The Morgan fingerprint density at radius 2 is 1.75 bits per heavy atom. The molecule has 0 spiro atoms. The predicted molar refractivity (Wildman–Crippen MR) is 108 cm³/mol. The number of halogens is 1. The Morgan fingerprint density at radius 1 is 1.00 bits per heavy atom. The molecule has 1 aromatic heterocycles. The van der Waals surface area contributed by atoms with Gasteiger partial charge in [0, 0.05) is 22.3 Å². The Balaban J connectivity index is 1.42. The maximum absolute atomic E-state index is 11.8. The smallest absolute Gasteiger partial charge is 0.319 e. The summed E-state index contributed by atoms with van der Waals surface area (Å²) in [6, 6.07) is 17.6. The van der Waals surface area contributed by atoms with Crippen LogP contribution in [0.3, 0.4) is 0 Å². The Morgan fingerprint density at radius 3 is 2.39 bits per heavy atom. The zero-order valence-corrected chi connectivity index (χ0v) is 15.9. The third-order valence-corrected chi connectivity index (χ3v) is 4.02. The molecule has 28 heavy (non-hydrogen) atoms. The SMILES string of the molecule is COc1ccc(-c2ccc(OCCNC(=O)Nc3ccc(Cl)cc3)nn2)cc1. The highest BCUT2D eigenvalue weighted by Crippen LogP contribution is 2.21. The predicted octanol–water partition coefficient (Wildman–Crippen LogP) is 4.01. The highest BCUT2D eigenvalue weighted by Gasteiger charge is 2.04. The van der Waals surface area contributed by atoms with Crippen LogP contribution in [0.2, 0.25) is 5.02 Å². The number of rotatable bonds is 7. The molecule has 2 amide bonds. The van der Waals surface area contributed by atoms with Crippen molar-refractivity contribution in [3.63, 3.8) is 0 Å². The number of nitrogens with zero attached hydrogens (tertiary/aromatic N) is 2. The molecule has 0 saturated carbocycles. The molecular weight excluding hydrogens is 380 g/mol. The highest BCUT2D eigenvalue weighted by atomic mass is 35.5. The van der Waals surface area contributed by atoms with Gasteiger partial charge in [-0.05, 0) is 54.6 Å². The van der Waals surface area contributed by atoms with Crippen molar-refractivity contribution in [2.24, 2.45) is 0 Å². The molecule has 3 aromatic rings. The van der Waals surface area contributed by atoms with Gasteiger partial charge in [0.1, 0.15) is 12.4 Å². The van der Waals surface area contributed by atoms with Gasteiger partial charge < -0.3 is 20.1 Å². The van der Waals surface area contributed by atoms with Crippen LogP contribution in [-0.2, 0) is 0 Å². The molecule has 144 valence electrons. The van der Waals surface area contributed by atoms with Crippen molar-refractivity contribution in [1.29, 1.82) is 0 Å². The van der Waals surface area contributed by atoms with Gasteiger partial charge in [0.05, 0.1) is 19.3 Å². The first-order valence-electron chi connectivity index (χ1n) is 8.55. The molecular formula is C20H19ClN4O3. The van der Waals surface area contributed by atoms with Crippen LogP contribution >= 0.6 is 11.6 Å². The van der Waals surface area contributed by atoms with Crippen molar-refractivity contribution in [3.8, 4) is 22.9 Å². The molecule has 0 radical (unpaired) electrons. The number of nitrogens with one attached hydrogen (secondary N) is 2. The minimum atomic E-state index is -0.327. The van der Waals surface area contributed by atoms with Gasteiger partial charge in [0.2, 0.25) is 5.88 Å². The molecule has 7 nitrogen and oxygen atoms in total. The quantitative estimate of drug-likeness (QED) is 0.587. The minimum Gasteiger partial charge on any atom is -0.497 e. The number of urea groups is 1. The molecule has 0 atom stereocenters. The van der Waals surface area contributed by atoms with Crippen LogP contribution in [0.15, 0.2) is 60.7 Å². The lowest BCUT2D eigenvalue weighted by atomic mass is 10.1. The Bertz CT molecular complexity index is 900. The van der Waals surface area contributed by atoms with Crippen LogP contribution in [0, 0.1) is 0 Å². The average Bonchev–Trinajstić information content (AvgIpc) is 2.73. The molecule has 0 bridgehead atoms. The van der Waals surface area contributed by atoms with E-state index in [9.17, 15) is 4.79 Å². The number of methoxy groups -OCH3 is 1. The Kier molecular flexibility index (Phi) is 6.64. The van der Waals surface area contributed by atoms with Crippen molar-refractivity contribution in [2.75, 3.05) is 25.6 Å². The number of carbonyl (C=O) groups excluding carboxylic acids is 1. The van der Waals surface area contributed by atoms with Gasteiger partial charge in [0.25, 0.3) is 0 Å². The summed E-state index contributed by atoms with van der Waals surface area (Å²) in [6.45, 7) is 0.589. The first-order chi connectivity index (χ1) is 13.6. The summed E-state index contributed by atoms with van der Waals surface area (Å²) >= 11 is 5.80. The molecule has 2 aromatic carbocycles. The summed E-state index contributed by atoms with van der Waals surface area (Å²) in [7, 11) is 1.62. The van der Waals surface area contributed by atoms with E-state index in [2.05, 4.69) is 20.8 Å². The fourth-order valence-corrected chi connectivity index (χ4v) is 2.47. The summed E-state index contributed by atoms with van der Waals surface area (Å²) in [5.41, 5.74) is 2.32. The summed E-state index contributed by atoms with van der Waals surface area (Å²) < 4.78 is 10.6. The van der Waals surface area contributed by atoms with E-state index in [1.807, 2.05) is 30.3 Å². The van der Waals surface area contributed by atoms with E-state index >= 15 is 0 Å². The Labute approximate surface area is 167 Å². The van der Waals surface area contributed by atoms with Crippen LogP contribution in [0.5, 0.6) is 11.6 Å². The zero-order valence-electron chi connectivity index (χ0n) is 15.2. The van der Waals surface area contributed by atoms with E-state index < -0.39 is 0 Å². The topological polar surface area (TPSA) is 85.4 Å². The van der Waals surface area contributed by atoms with E-state index in [0.717, 1.165) is 17.0 Å². The van der Waals surface area contributed by atoms with E-state index in [4.69, 9.17) is 21.1 Å². The summed E-state index contributed by atoms with van der Waals surface area (Å²) in [5, 5.41) is 14.2. The lowest BCUT2D eigenvalue weighted by molar-refractivity contribution is 0.246. The largest absolute Gasteiger partial charge is 0.497 e. The van der Waals surface area contributed by atoms with Crippen molar-refractivity contribution in [1.82, 2.24) is 15.5 Å². The summed E-state index contributed by atoms with van der Waals surface area (Å²) in [4.78, 5) is 11.8. The van der Waals surface area contributed by atoms with Crippen molar-refractivity contribution < 1.29 is 14.3 Å². The van der Waals surface area contributed by atoms with E-state index in [1.165, 1.54) is 0 Å². The van der Waals surface area contributed by atoms with Gasteiger partial charge in [-0.1, -0.05) is 11.6 Å². The first-order valence-corrected chi connectivity index (χ1v) is 8.93. The van der Waals surface area contributed by atoms with Gasteiger partial charge in [-0.25, -0.2) is 4.79 Å². The molecule has 8 heteroatoms. The maximum atomic E-state index is 11.8. The monoisotopic (exact) mass is 398 g/mol.